The van der Waals surface area contributed by atoms with Crippen molar-refractivity contribution >= 4 is 10.9 Å². The second-order valence-corrected chi connectivity index (χ2v) is 8.50. The van der Waals surface area contributed by atoms with Gasteiger partial charge in [0.2, 0.25) is 6.29 Å². The van der Waals surface area contributed by atoms with Crippen molar-refractivity contribution in [3.05, 3.63) is 65.4 Å². The summed E-state index contributed by atoms with van der Waals surface area (Å²) in [5.41, 5.74) is 4.50. The summed E-state index contributed by atoms with van der Waals surface area (Å²) in [4.78, 5) is 3.26. The van der Waals surface area contributed by atoms with E-state index in [4.69, 9.17) is 9.47 Å². The van der Waals surface area contributed by atoms with Crippen molar-refractivity contribution in [2.45, 2.75) is 55.9 Å². The average molecular weight is 425 g/mol. The predicted octanol–water partition coefficient (Wildman–Crippen LogP) is 1.81. The van der Waals surface area contributed by atoms with Crippen LogP contribution in [0.5, 0.6) is 5.75 Å². The molecule has 2 aromatic carbocycles. The number of H-pyrrole nitrogens is 1. The monoisotopic (exact) mass is 425 g/mol. The second-order valence-electron chi connectivity index (χ2n) is 8.50. The molecule has 1 aliphatic carbocycles. The van der Waals surface area contributed by atoms with Crippen molar-refractivity contribution in [3.63, 3.8) is 0 Å². The van der Waals surface area contributed by atoms with Crippen LogP contribution in [0.15, 0.2) is 48.7 Å². The third-order valence-electron chi connectivity index (χ3n) is 6.26. The Morgan fingerprint density at radius 1 is 0.968 bits per heavy atom. The maximum absolute atomic E-state index is 10.3. The van der Waals surface area contributed by atoms with Crippen molar-refractivity contribution in [2.75, 3.05) is 6.61 Å². The zero-order chi connectivity index (χ0) is 21.5. The van der Waals surface area contributed by atoms with Crippen molar-refractivity contribution in [1.82, 2.24) is 4.98 Å². The molecule has 1 saturated heterocycles. The lowest BCUT2D eigenvalue weighted by molar-refractivity contribution is -0.277. The standard InChI is InChI=1S/C24H27NO6/c26-12-19-21(27)22(28)23(29)24(31-19)30-18-3-1-2-17-20(18)16(11-25-17)10-13-4-6-14(7-5-13)15-8-9-15/h1-7,11,15,19,21-29H,8-10,12H2/t19-,21-,22+,23-,24-/m1/s1. The quantitative estimate of drug-likeness (QED) is 0.412. The van der Waals surface area contributed by atoms with Crippen LogP contribution in [0.25, 0.3) is 10.9 Å². The number of aliphatic hydroxyl groups is 4. The molecule has 7 nitrogen and oxygen atoms in total. The van der Waals surface area contributed by atoms with Crippen molar-refractivity contribution < 1.29 is 29.9 Å². The van der Waals surface area contributed by atoms with E-state index in [0.29, 0.717) is 12.2 Å². The van der Waals surface area contributed by atoms with Crippen LogP contribution < -0.4 is 4.74 Å². The molecule has 0 bridgehead atoms. The van der Waals surface area contributed by atoms with E-state index in [1.807, 2.05) is 18.3 Å². The van der Waals surface area contributed by atoms with E-state index in [2.05, 4.69) is 29.2 Å². The van der Waals surface area contributed by atoms with Crippen LogP contribution in [0.2, 0.25) is 0 Å². The van der Waals surface area contributed by atoms with Gasteiger partial charge in [-0.3, -0.25) is 0 Å². The molecule has 2 fully saturated rings. The summed E-state index contributed by atoms with van der Waals surface area (Å²) in [5.74, 6) is 1.22. The first-order valence-corrected chi connectivity index (χ1v) is 10.7. The van der Waals surface area contributed by atoms with Gasteiger partial charge in [0.25, 0.3) is 0 Å². The fourth-order valence-corrected chi connectivity index (χ4v) is 4.29. The van der Waals surface area contributed by atoms with Crippen LogP contribution in [-0.2, 0) is 11.2 Å². The number of fused-ring (bicyclic) bond motifs is 1. The highest BCUT2D eigenvalue weighted by Crippen LogP contribution is 2.40. The Balaban J connectivity index is 1.41. The summed E-state index contributed by atoms with van der Waals surface area (Å²) in [6.07, 6.45) is -1.38. The molecule has 0 spiro atoms. The lowest BCUT2D eigenvalue weighted by Crippen LogP contribution is -2.60. The highest BCUT2D eigenvalue weighted by Gasteiger charge is 2.44. The maximum Gasteiger partial charge on any atom is 0.229 e. The van der Waals surface area contributed by atoms with Gasteiger partial charge in [-0.1, -0.05) is 30.3 Å². The van der Waals surface area contributed by atoms with Crippen LogP contribution in [0, 0.1) is 0 Å². The molecule has 2 aliphatic rings. The molecular formula is C24H27NO6. The Morgan fingerprint density at radius 3 is 2.45 bits per heavy atom. The minimum absolute atomic E-state index is 0.493. The molecule has 1 saturated carbocycles. The van der Waals surface area contributed by atoms with Crippen LogP contribution >= 0.6 is 0 Å². The Morgan fingerprint density at radius 2 is 1.74 bits per heavy atom. The number of nitrogens with one attached hydrogen (secondary N) is 1. The first-order chi connectivity index (χ1) is 15.0. The van der Waals surface area contributed by atoms with Gasteiger partial charge in [0.1, 0.15) is 30.2 Å². The molecule has 5 atom stereocenters. The zero-order valence-electron chi connectivity index (χ0n) is 17.0. The number of rotatable bonds is 6. The number of hydrogen-bond donors (Lipinski definition) is 5. The number of benzene rings is 2. The van der Waals surface area contributed by atoms with E-state index in [1.165, 1.54) is 24.0 Å². The molecule has 164 valence electrons. The number of aromatic nitrogens is 1. The van der Waals surface area contributed by atoms with Gasteiger partial charge in [0, 0.05) is 17.1 Å². The Bertz CT molecular complexity index is 1040. The summed E-state index contributed by atoms with van der Waals surface area (Å²) in [6, 6.07) is 14.3. The Labute approximate surface area is 179 Å². The fraction of sp³-hybridized carbons (Fsp3) is 0.417. The van der Waals surface area contributed by atoms with E-state index in [0.717, 1.165) is 22.4 Å². The first kappa shape index (κ1) is 20.5. The molecule has 5 N–H and O–H groups in total. The number of hydrogen-bond acceptors (Lipinski definition) is 6. The third-order valence-corrected chi connectivity index (χ3v) is 6.26. The number of aromatic amines is 1. The van der Waals surface area contributed by atoms with Gasteiger partial charge >= 0.3 is 0 Å². The minimum atomic E-state index is -1.48. The van der Waals surface area contributed by atoms with E-state index in [9.17, 15) is 20.4 Å². The van der Waals surface area contributed by atoms with Crippen LogP contribution in [0.4, 0.5) is 0 Å². The van der Waals surface area contributed by atoms with E-state index in [1.54, 1.807) is 6.07 Å². The molecular weight excluding hydrogens is 398 g/mol. The Hall–Kier alpha value is -2.42. The van der Waals surface area contributed by atoms with Gasteiger partial charge in [0.05, 0.1) is 6.61 Å². The van der Waals surface area contributed by atoms with Gasteiger partial charge in [-0.25, -0.2) is 0 Å². The van der Waals surface area contributed by atoms with Gasteiger partial charge in [0.15, 0.2) is 0 Å². The topological polar surface area (TPSA) is 115 Å². The molecule has 5 rings (SSSR count). The van der Waals surface area contributed by atoms with E-state index < -0.39 is 37.3 Å². The lowest BCUT2D eigenvalue weighted by Gasteiger charge is -2.39. The highest BCUT2D eigenvalue weighted by atomic mass is 16.7. The Kier molecular flexibility index (Phi) is 5.45. The lowest BCUT2D eigenvalue weighted by atomic mass is 9.99. The fourth-order valence-electron chi connectivity index (χ4n) is 4.29. The van der Waals surface area contributed by atoms with Crippen molar-refractivity contribution in [3.8, 4) is 5.75 Å². The largest absolute Gasteiger partial charge is 0.461 e. The molecule has 0 unspecified atom stereocenters. The summed E-state index contributed by atoms with van der Waals surface area (Å²) in [7, 11) is 0. The summed E-state index contributed by atoms with van der Waals surface area (Å²) in [6.45, 7) is -0.499. The molecule has 0 amide bonds. The minimum Gasteiger partial charge on any atom is -0.461 e. The van der Waals surface area contributed by atoms with E-state index >= 15 is 0 Å². The molecule has 31 heavy (non-hydrogen) atoms. The maximum atomic E-state index is 10.3. The third kappa shape index (κ3) is 3.95. The predicted molar refractivity (Wildman–Crippen MR) is 114 cm³/mol. The number of aliphatic hydroxyl groups excluding tert-OH is 4. The van der Waals surface area contributed by atoms with Crippen molar-refractivity contribution in [1.29, 1.82) is 0 Å². The van der Waals surface area contributed by atoms with Gasteiger partial charge < -0.3 is 34.9 Å². The normalized spacial score (nSPS) is 28.7. The van der Waals surface area contributed by atoms with Crippen LogP contribution in [0.3, 0.4) is 0 Å². The van der Waals surface area contributed by atoms with E-state index in [-0.39, 0.29) is 0 Å². The molecule has 1 aliphatic heterocycles. The molecule has 7 heteroatoms. The molecule has 3 aromatic rings. The summed E-state index contributed by atoms with van der Waals surface area (Å²) in [5, 5.41) is 40.7. The smallest absolute Gasteiger partial charge is 0.229 e. The van der Waals surface area contributed by atoms with Gasteiger partial charge in [-0.05, 0) is 54.0 Å². The number of ether oxygens (including phenoxy) is 2. The second kappa shape index (κ2) is 8.26. The molecule has 1 aromatic heterocycles. The first-order valence-electron chi connectivity index (χ1n) is 10.7. The molecule has 2 heterocycles. The zero-order valence-corrected chi connectivity index (χ0v) is 17.0. The van der Waals surface area contributed by atoms with Crippen molar-refractivity contribution in [2.24, 2.45) is 0 Å². The van der Waals surface area contributed by atoms with Gasteiger partial charge in [-0.15, -0.1) is 0 Å². The van der Waals surface area contributed by atoms with Crippen LogP contribution in [-0.4, -0.2) is 62.7 Å². The summed E-state index contributed by atoms with van der Waals surface area (Å²) < 4.78 is 11.5. The average Bonchev–Trinajstić information content (AvgIpc) is 3.56. The highest BCUT2D eigenvalue weighted by molar-refractivity contribution is 5.89. The summed E-state index contributed by atoms with van der Waals surface area (Å²) >= 11 is 0. The van der Waals surface area contributed by atoms with Gasteiger partial charge in [-0.2, -0.15) is 0 Å². The van der Waals surface area contributed by atoms with Crippen LogP contribution in [0.1, 0.15) is 35.4 Å². The molecule has 0 radical (unpaired) electrons. The SMILES string of the molecule is OC[C@H]1O[C@@H](Oc2cccc3[nH]cc(Cc4ccc(C5CC5)cc4)c23)[C@H](O)[C@@H](O)[C@@H]1O.